The van der Waals surface area contributed by atoms with Crippen LogP contribution in [0.25, 0.3) is 0 Å². The summed E-state index contributed by atoms with van der Waals surface area (Å²) < 4.78 is 63.5. The molecule has 0 aromatic heterocycles. The zero-order valence-electron chi connectivity index (χ0n) is 8.50. The molecular weight excluding hydrogens is 257 g/mol. The fraction of sp³-hybridized carbons (Fsp3) is 0.111. The van der Waals surface area contributed by atoms with Crippen molar-refractivity contribution in [2.75, 3.05) is 4.72 Å². The van der Waals surface area contributed by atoms with E-state index in [2.05, 4.69) is 6.58 Å². The first-order valence-electron chi connectivity index (χ1n) is 4.34. The van der Waals surface area contributed by atoms with Gasteiger partial charge in [-0.1, -0.05) is 6.58 Å². The van der Waals surface area contributed by atoms with Crippen LogP contribution in [0.3, 0.4) is 0 Å². The number of benzene rings is 1. The average Bonchev–Trinajstić information content (AvgIpc) is 2.29. The molecule has 1 aromatic carbocycles. The van der Waals surface area contributed by atoms with E-state index in [9.17, 15) is 21.6 Å². The Kier molecular flexibility index (Phi) is 3.79. The maximum atomic E-state index is 13.3. The van der Waals surface area contributed by atoms with Crippen LogP contribution in [0, 0.1) is 17.5 Å². The SMILES string of the molecule is C=CS(=O)(=O)Nc1c(F)cc(CN)c(F)c1F. The number of sulfonamides is 1. The van der Waals surface area contributed by atoms with Gasteiger partial charge in [0.2, 0.25) is 0 Å². The van der Waals surface area contributed by atoms with Gasteiger partial charge in [0.1, 0.15) is 5.69 Å². The van der Waals surface area contributed by atoms with E-state index in [1.165, 1.54) is 4.72 Å². The second-order valence-electron chi connectivity index (χ2n) is 3.04. The van der Waals surface area contributed by atoms with Crippen LogP contribution in [-0.2, 0) is 16.6 Å². The van der Waals surface area contributed by atoms with E-state index < -0.39 is 39.7 Å². The topological polar surface area (TPSA) is 72.2 Å². The quantitative estimate of drug-likeness (QED) is 0.810. The van der Waals surface area contributed by atoms with E-state index >= 15 is 0 Å². The van der Waals surface area contributed by atoms with Crippen LogP contribution in [0.4, 0.5) is 18.9 Å². The molecule has 94 valence electrons. The van der Waals surface area contributed by atoms with Gasteiger partial charge in [-0.25, -0.2) is 21.6 Å². The molecular formula is C9H9F3N2O2S. The Morgan fingerprint density at radius 2 is 1.94 bits per heavy atom. The molecule has 4 nitrogen and oxygen atoms in total. The average molecular weight is 266 g/mol. The number of halogens is 3. The van der Waals surface area contributed by atoms with Crippen molar-refractivity contribution in [3.63, 3.8) is 0 Å². The van der Waals surface area contributed by atoms with Crippen molar-refractivity contribution in [3.05, 3.63) is 41.1 Å². The van der Waals surface area contributed by atoms with Gasteiger partial charge in [0.05, 0.1) is 0 Å². The van der Waals surface area contributed by atoms with Crippen molar-refractivity contribution in [3.8, 4) is 0 Å². The Labute approximate surface area is 96.0 Å². The Morgan fingerprint density at radius 1 is 1.35 bits per heavy atom. The minimum absolute atomic E-state index is 0.387. The van der Waals surface area contributed by atoms with E-state index in [-0.39, 0.29) is 5.56 Å². The third kappa shape index (κ3) is 2.77. The van der Waals surface area contributed by atoms with Gasteiger partial charge >= 0.3 is 0 Å². The molecule has 0 atom stereocenters. The lowest BCUT2D eigenvalue weighted by atomic mass is 10.1. The van der Waals surface area contributed by atoms with Crippen LogP contribution in [0.2, 0.25) is 0 Å². The number of hydrogen-bond acceptors (Lipinski definition) is 3. The molecule has 0 amide bonds. The fourth-order valence-corrected chi connectivity index (χ4v) is 1.63. The van der Waals surface area contributed by atoms with E-state index in [0.717, 1.165) is 0 Å². The smallest absolute Gasteiger partial charge is 0.254 e. The van der Waals surface area contributed by atoms with E-state index in [1.54, 1.807) is 0 Å². The predicted molar refractivity (Wildman–Crippen MR) is 56.9 cm³/mol. The molecule has 0 saturated carbocycles. The summed E-state index contributed by atoms with van der Waals surface area (Å²) in [6.45, 7) is 2.53. The summed E-state index contributed by atoms with van der Waals surface area (Å²) in [6.07, 6.45) is 0. The predicted octanol–water partition coefficient (Wildman–Crippen LogP) is 1.45. The van der Waals surface area contributed by atoms with Crippen LogP contribution in [0.1, 0.15) is 5.56 Å². The van der Waals surface area contributed by atoms with Gasteiger partial charge in [0.15, 0.2) is 17.5 Å². The number of nitrogens with two attached hydrogens (primary N) is 1. The first kappa shape index (κ1) is 13.5. The summed E-state index contributed by atoms with van der Waals surface area (Å²) in [4.78, 5) is 0. The largest absolute Gasteiger partial charge is 0.326 e. The third-order valence-corrected chi connectivity index (χ3v) is 2.85. The molecule has 0 bridgehead atoms. The van der Waals surface area contributed by atoms with E-state index in [1.807, 2.05) is 0 Å². The third-order valence-electron chi connectivity index (χ3n) is 1.92. The highest BCUT2D eigenvalue weighted by Gasteiger charge is 2.20. The Morgan fingerprint density at radius 3 is 2.41 bits per heavy atom. The molecule has 0 heterocycles. The summed E-state index contributed by atoms with van der Waals surface area (Å²) in [7, 11) is -4.12. The van der Waals surface area contributed by atoms with Crippen LogP contribution in [0.5, 0.6) is 0 Å². The van der Waals surface area contributed by atoms with Crippen molar-refractivity contribution in [2.45, 2.75) is 6.54 Å². The molecule has 0 aliphatic carbocycles. The molecule has 8 heteroatoms. The van der Waals surface area contributed by atoms with Crippen LogP contribution < -0.4 is 10.5 Å². The lowest BCUT2D eigenvalue weighted by Crippen LogP contribution is -2.14. The summed E-state index contributed by atoms with van der Waals surface area (Å²) in [5.41, 5.74) is 3.58. The van der Waals surface area contributed by atoms with Gasteiger partial charge in [-0.2, -0.15) is 0 Å². The molecule has 3 N–H and O–H groups in total. The lowest BCUT2D eigenvalue weighted by Gasteiger charge is -2.09. The summed E-state index contributed by atoms with van der Waals surface area (Å²) in [6, 6.07) is 0.624. The maximum absolute atomic E-state index is 13.3. The normalized spacial score (nSPS) is 11.3. The van der Waals surface area contributed by atoms with Crippen LogP contribution >= 0.6 is 0 Å². The first-order chi connectivity index (χ1) is 7.82. The number of rotatable bonds is 4. The summed E-state index contributed by atoms with van der Waals surface area (Å²) >= 11 is 0. The summed E-state index contributed by atoms with van der Waals surface area (Å²) in [5.74, 6) is -4.29. The molecule has 0 spiro atoms. The standard InChI is InChI=1S/C9H9F3N2O2S/c1-2-17(15,16)14-9-6(10)3-5(4-13)7(11)8(9)12/h2-3,14H,1,4,13H2. The molecule has 0 aliphatic rings. The van der Waals surface area contributed by atoms with Gasteiger partial charge in [-0.05, 0) is 6.07 Å². The van der Waals surface area contributed by atoms with Gasteiger partial charge in [-0.15, -0.1) is 0 Å². The minimum atomic E-state index is -4.12. The number of nitrogens with one attached hydrogen (secondary N) is 1. The molecule has 0 aliphatic heterocycles. The summed E-state index contributed by atoms with van der Waals surface area (Å²) in [5, 5.41) is 0.445. The first-order valence-corrected chi connectivity index (χ1v) is 5.88. The Bertz CT molecular complexity index is 558. The highest BCUT2D eigenvalue weighted by atomic mass is 32.2. The van der Waals surface area contributed by atoms with Crippen molar-refractivity contribution in [1.82, 2.24) is 0 Å². The van der Waals surface area contributed by atoms with Gasteiger partial charge < -0.3 is 5.73 Å². The molecule has 17 heavy (non-hydrogen) atoms. The monoisotopic (exact) mass is 266 g/mol. The van der Waals surface area contributed by atoms with Crippen LogP contribution in [0.15, 0.2) is 18.1 Å². The molecule has 1 aromatic rings. The fourth-order valence-electron chi connectivity index (χ4n) is 1.07. The Hall–Kier alpha value is -1.54. The molecule has 0 fully saturated rings. The van der Waals surface area contributed by atoms with Crippen molar-refractivity contribution in [2.24, 2.45) is 5.73 Å². The lowest BCUT2D eigenvalue weighted by molar-refractivity contribution is 0.490. The van der Waals surface area contributed by atoms with E-state index in [4.69, 9.17) is 5.73 Å². The second kappa shape index (κ2) is 4.76. The van der Waals surface area contributed by atoms with Gasteiger partial charge in [-0.3, -0.25) is 4.72 Å². The minimum Gasteiger partial charge on any atom is -0.326 e. The molecule has 1 rings (SSSR count). The van der Waals surface area contributed by atoms with Crippen LogP contribution in [-0.4, -0.2) is 8.42 Å². The zero-order chi connectivity index (χ0) is 13.2. The maximum Gasteiger partial charge on any atom is 0.254 e. The number of anilines is 1. The highest BCUT2D eigenvalue weighted by Crippen LogP contribution is 2.25. The molecule has 0 saturated heterocycles. The van der Waals surface area contributed by atoms with Crippen molar-refractivity contribution in [1.29, 1.82) is 0 Å². The van der Waals surface area contributed by atoms with Crippen molar-refractivity contribution >= 4 is 15.7 Å². The van der Waals surface area contributed by atoms with Gasteiger partial charge in [0, 0.05) is 17.5 Å². The van der Waals surface area contributed by atoms with Gasteiger partial charge in [0.25, 0.3) is 10.0 Å². The zero-order valence-corrected chi connectivity index (χ0v) is 9.32. The van der Waals surface area contributed by atoms with Crippen molar-refractivity contribution < 1.29 is 21.6 Å². The number of hydrogen-bond donors (Lipinski definition) is 2. The van der Waals surface area contributed by atoms with E-state index in [0.29, 0.717) is 11.5 Å². The second-order valence-corrected chi connectivity index (χ2v) is 4.67. The Balaban J connectivity index is 3.36. The molecule has 0 unspecified atom stereocenters. The molecule has 0 radical (unpaired) electrons. The highest BCUT2D eigenvalue weighted by molar-refractivity contribution is 7.95.